The zero-order valence-corrected chi connectivity index (χ0v) is 18.3. The molecular weight excluding hydrogens is 408 g/mol. The number of anilines is 1. The summed E-state index contributed by atoms with van der Waals surface area (Å²) in [7, 11) is 0. The Morgan fingerprint density at radius 2 is 1.91 bits per heavy atom. The summed E-state index contributed by atoms with van der Waals surface area (Å²) in [6.07, 6.45) is 4.43. The van der Waals surface area contributed by atoms with E-state index in [1.165, 1.54) is 11.0 Å². The number of rotatable bonds is 6. The topological polar surface area (TPSA) is 111 Å². The fourth-order valence-electron chi connectivity index (χ4n) is 4.35. The van der Waals surface area contributed by atoms with Gasteiger partial charge in [0.1, 0.15) is 12.1 Å². The van der Waals surface area contributed by atoms with Crippen molar-refractivity contribution in [2.45, 2.75) is 39.7 Å². The van der Waals surface area contributed by atoms with Crippen molar-refractivity contribution < 1.29 is 4.79 Å². The van der Waals surface area contributed by atoms with Gasteiger partial charge in [-0.2, -0.15) is 10.2 Å². The molecule has 1 aliphatic heterocycles. The maximum Gasteiger partial charge on any atom is 0.267 e. The maximum absolute atomic E-state index is 12.5. The molecule has 2 aliphatic rings. The Balaban J connectivity index is 1.14. The van der Waals surface area contributed by atoms with Crippen LogP contribution in [-0.2, 0) is 24.2 Å². The third-order valence-electron chi connectivity index (χ3n) is 6.09. The number of aromatic nitrogens is 6. The van der Waals surface area contributed by atoms with Gasteiger partial charge in [-0.3, -0.25) is 9.59 Å². The van der Waals surface area contributed by atoms with Gasteiger partial charge in [0.2, 0.25) is 5.91 Å². The van der Waals surface area contributed by atoms with Gasteiger partial charge in [0, 0.05) is 37.5 Å². The fraction of sp³-hybridized carbons (Fsp3) is 0.455. The van der Waals surface area contributed by atoms with E-state index in [0.717, 1.165) is 47.7 Å². The van der Waals surface area contributed by atoms with Gasteiger partial charge < -0.3 is 10.2 Å². The first-order chi connectivity index (χ1) is 15.5. The third kappa shape index (κ3) is 3.88. The lowest BCUT2D eigenvalue weighted by Gasteiger charge is -2.39. The summed E-state index contributed by atoms with van der Waals surface area (Å²) in [6, 6.07) is 5.57. The lowest BCUT2D eigenvalue weighted by molar-refractivity contribution is -0.125. The molecule has 3 aromatic heterocycles. The van der Waals surface area contributed by atoms with Gasteiger partial charge in [-0.15, -0.1) is 0 Å². The number of nitrogens with one attached hydrogen (secondary N) is 1. The molecule has 0 atom stereocenters. The highest BCUT2D eigenvalue weighted by molar-refractivity contribution is 5.81. The number of aryl methyl sites for hydroxylation is 4. The molecule has 5 rings (SSSR count). The van der Waals surface area contributed by atoms with Crippen LogP contribution in [0.25, 0.3) is 5.82 Å². The van der Waals surface area contributed by atoms with Crippen LogP contribution in [0.15, 0.2) is 29.3 Å². The molecule has 1 fully saturated rings. The van der Waals surface area contributed by atoms with Gasteiger partial charge in [0.15, 0.2) is 5.82 Å². The van der Waals surface area contributed by atoms with E-state index in [2.05, 4.69) is 25.5 Å². The molecule has 32 heavy (non-hydrogen) atoms. The maximum atomic E-state index is 12.5. The zero-order valence-electron chi connectivity index (χ0n) is 18.3. The molecular formula is C22H26N8O2. The molecule has 0 unspecified atom stereocenters. The Hall–Kier alpha value is -3.56. The molecule has 0 saturated carbocycles. The monoisotopic (exact) mass is 434 g/mol. The summed E-state index contributed by atoms with van der Waals surface area (Å²) in [6.45, 7) is 5.88. The largest absolute Gasteiger partial charge is 0.355 e. The average molecular weight is 435 g/mol. The molecule has 1 N–H and O–H groups in total. The van der Waals surface area contributed by atoms with Crippen LogP contribution in [0.2, 0.25) is 0 Å². The van der Waals surface area contributed by atoms with E-state index in [1.807, 2.05) is 30.9 Å². The normalized spacial score (nSPS) is 15.5. The number of carbonyl (C=O) groups is 1. The van der Waals surface area contributed by atoms with Crippen LogP contribution in [0, 0.1) is 19.8 Å². The predicted octanol–water partition coefficient (Wildman–Crippen LogP) is 0.577. The van der Waals surface area contributed by atoms with Crippen LogP contribution in [0.3, 0.4) is 0 Å². The second-order valence-corrected chi connectivity index (χ2v) is 8.50. The van der Waals surface area contributed by atoms with Crippen molar-refractivity contribution >= 4 is 11.7 Å². The molecule has 10 nitrogen and oxygen atoms in total. The molecule has 0 bridgehead atoms. The van der Waals surface area contributed by atoms with E-state index in [1.54, 1.807) is 10.7 Å². The fourth-order valence-corrected chi connectivity index (χ4v) is 4.35. The van der Waals surface area contributed by atoms with Crippen LogP contribution >= 0.6 is 0 Å². The Kier molecular flexibility index (Phi) is 5.20. The second kappa shape index (κ2) is 8.18. The van der Waals surface area contributed by atoms with Crippen LogP contribution in [0.5, 0.6) is 0 Å². The Labute approximate surface area is 185 Å². The van der Waals surface area contributed by atoms with Gasteiger partial charge in [-0.25, -0.2) is 19.3 Å². The minimum Gasteiger partial charge on any atom is -0.355 e. The van der Waals surface area contributed by atoms with Gasteiger partial charge in [0.05, 0.1) is 23.9 Å². The van der Waals surface area contributed by atoms with E-state index in [-0.39, 0.29) is 17.4 Å². The predicted molar refractivity (Wildman–Crippen MR) is 118 cm³/mol. The van der Waals surface area contributed by atoms with E-state index < -0.39 is 0 Å². The molecule has 0 radical (unpaired) electrons. The lowest BCUT2D eigenvalue weighted by atomic mass is 9.99. The van der Waals surface area contributed by atoms with Gasteiger partial charge in [-0.05, 0) is 44.7 Å². The third-order valence-corrected chi connectivity index (χ3v) is 6.09. The van der Waals surface area contributed by atoms with Crippen molar-refractivity contribution in [1.82, 2.24) is 34.8 Å². The van der Waals surface area contributed by atoms with Gasteiger partial charge in [0.25, 0.3) is 5.56 Å². The van der Waals surface area contributed by atoms with Crippen molar-refractivity contribution in [2.24, 2.45) is 5.92 Å². The van der Waals surface area contributed by atoms with E-state index in [0.29, 0.717) is 32.0 Å². The summed E-state index contributed by atoms with van der Waals surface area (Å²) in [5.74, 6) is 1.37. The van der Waals surface area contributed by atoms with Crippen molar-refractivity contribution in [2.75, 3.05) is 24.5 Å². The summed E-state index contributed by atoms with van der Waals surface area (Å²) in [5.41, 5.74) is 3.91. The molecule has 1 amide bonds. The molecule has 3 aromatic rings. The van der Waals surface area contributed by atoms with E-state index in [4.69, 9.17) is 0 Å². The van der Waals surface area contributed by atoms with Crippen LogP contribution < -0.4 is 15.8 Å². The van der Waals surface area contributed by atoms with Crippen LogP contribution in [-0.4, -0.2) is 55.1 Å². The van der Waals surface area contributed by atoms with Crippen LogP contribution in [0.1, 0.15) is 29.1 Å². The minimum absolute atomic E-state index is 0.0108. The zero-order chi connectivity index (χ0) is 22.2. The molecule has 0 spiro atoms. The number of fused-ring (bicyclic) bond motifs is 1. The van der Waals surface area contributed by atoms with Crippen molar-refractivity contribution in [3.63, 3.8) is 0 Å². The SMILES string of the molecule is Cc1cc(C)n(-c2cc(N3CC(C(=O)NCCn4nc5c(cc4=O)CCC5)C3)ncn2)n1. The highest BCUT2D eigenvalue weighted by Crippen LogP contribution is 2.24. The van der Waals surface area contributed by atoms with Crippen molar-refractivity contribution in [3.8, 4) is 5.82 Å². The molecule has 166 valence electrons. The van der Waals surface area contributed by atoms with Crippen LogP contribution in [0.4, 0.5) is 5.82 Å². The minimum atomic E-state index is -0.105. The average Bonchev–Trinajstić information content (AvgIpc) is 3.32. The first kappa shape index (κ1) is 20.3. The number of hydrogen-bond donors (Lipinski definition) is 1. The van der Waals surface area contributed by atoms with E-state index in [9.17, 15) is 9.59 Å². The quantitative estimate of drug-likeness (QED) is 0.604. The van der Waals surface area contributed by atoms with Crippen molar-refractivity contribution in [3.05, 3.63) is 57.5 Å². The first-order valence-electron chi connectivity index (χ1n) is 11.0. The lowest BCUT2D eigenvalue weighted by Crippen LogP contribution is -2.54. The molecule has 0 aromatic carbocycles. The molecule has 1 saturated heterocycles. The molecule has 10 heteroatoms. The van der Waals surface area contributed by atoms with Crippen molar-refractivity contribution in [1.29, 1.82) is 0 Å². The van der Waals surface area contributed by atoms with Gasteiger partial charge >= 0.3 is 0 Å². The van der Waals surface area contributed by atoms with E-state index >= 15 is 0 Å². The molecule has 4 heterocycles. The number of amides is 1. The highest BCUT2D eigenvalue weighted by Gasteiger charge is 2.33. The summed E-state index contributed by atoms with van der Waals surface area (Å²) >= 11 is 0. The summed E-state index contributed by atoms with van der Waals surface area (Å²) in [5, 5.41) is 11.8. The Morgan fingerprint density at radius 3 is 2.69 bits per heavy atom. The number of nitrogens with zero attached hydrogens (tertiary/aromatic N) is 7. The first-order valence-corrected chi connectivity index (χ1v) is 11.0. The summed E-state index contributed by atoms with van der Waals surface area (Å²) in [4.78, 5) is 35.4. The Bertz CT molecular complexity index is 1220. The Morgan fingerprint density at radius 1 is 1.09 bits per heavy atom. The highest BCUT2D eigenvalue weighted by atomic mass is 16.2. The van der Waals surface area contributed by atoms with Gasteiger partial charge in [-0.1, -0.05) is 0 Å². The number of hydrogen-bond acceptors (Lipinski definition) is 7. The standard InChI is InChI=1S/C22H26N8O2/c1-14-8-15(2)30(26-14)20-10-19(24-13-25-20)28-11-17(12-28)22(32)23-6-7-29-21(31)9-16-4-3-5-18(16)27-29/h8-10,13,17H,3-7,11-12H2,1-2H3,(H,23,32). The molecule has 1 aliphatic carbocycles. The summed E-state index contributed by atoms with van der Waals surface area (Å²) < 4.78 is 3.25. The number of carbonyl (C=O) groups excluding carboxylic acids is 1. The second-order valence-electron chi connectivity index (χ2n) is 8.50. The smallest absolute Gasteiger partial charge is 0.267 e.